The zero-order chi connectivity index (χ0) is 7.78. The van der Waals surface area contributed by atoms with Crippen LogP contribution in [0.5, 0.6) is 0 Å². The van der Waals surface area contributed by atoms with E-state index in [2.05, 4.69) is 0 Å². The number of hydrogen-bond donors (Lipinski definition) is 0. The number of hydrogen-bond acceptors (Lipinski definition) is 0. The molecule has 1 saturated carbocycles. The molecule has 0 saturated heterocycles. The van der Waals surface area contributed by atoms with Crippen molar-refractivity contribution < 1.29 is 13.2 Å². The summed E-state index contributed by atoms with van der Waals surface area (Å²) >= 11 is 0. The van der Waals surface area contributed by atoms with Crippen molar-refractivity contribution in [3.8, 4) is 12.3 Å². The van der Waals surface area contributed by atoms with Crippen LogP contribution in [-0.4, -0.2) is 6.18 Å². The molecule has 1 fully saturated rings. The van der Waals surface area contributed by atoms with Gasteiger partial charge >= 0.3 is 6.18 Å². The molecule has 0 aromatic heterocycles. The van der Waals surface area contributed by atoms with E-state index in [0.717, 1.165) is 0 Å². The molecule has 0 N–H and O–H groups in total. The fourth-order valence-electron chi connectivity index (χ4n) is 0.927. The Morgan fingerprint density at radius 1 is 1.40 bits per heavy atom. The molecule has 10 heavy (non-hydrogen) atoms. The van der Waals surface area contributed by atoms with Gasteiger partial charge in [-0.15, -0.1) is 6.42 Å². The largest absolute Gasteiger partial charge is 0.402 e. The second-order valence-electron chi connectivity index (χ2n) is 2.52. The molecule has 1 aliphatic rings. The van der Waals surface area contributed by atoms with Crippen molar-refractivity contribution in [2.75, 3.05) is 0 Å². The van der Waals surface area contributed by atoms with Gasteiger partial charge in [0.25, 0.3) is 0 Å². The van der Waals surface area contributed by atoms with E-state index in [1.54, 1.807) is 5.92 Å². The Morgan fingerprint density at radius 3 is 2.00 bits per heavy atom. The Labute approximate surface area is 57.4 Å². The Balaban J connectivity index is 2.57. The summed E-state index contributed by atoms with van der Waals surface area (Å²) < 4.78 is 35.6. The van der Waals surface area contributed by atoms with E-state index in [-0.39, 0.29) is 5.92 Å². The van der Waals surface area contributed by atoms with Gasteiger partial charge in [0, 0.05) is 0 Å². The molecule has 0 heterocycles. The maximum absolute atomic E-state index is 11.9. The molecule has 1 unspecified atom stereocenters. The molecule has 0 nitrogen and oxygen atoms in total. The Bertz CT molecular complexity index is 159. The summed E-state index contributed by atoms with van der Waals surface area (Å²) in [6.45, 7) is 0. The Kier molecular flexibility index (Phi) is 1.63. The van der Waals surface area contributed by atoms with Crippen molar-refractivity contribution in [1.29, 1.82) is 0 Å². The maximum atomic E-state index is 11.9. The van der Waals surface area contributed by atoms with Crippen LogP contribution < -0.4 is 0 Å². The fourth-order valence-corrected chi connectivity index (χ4v) is 0.927. The van der Waals surface area contributed by atoms with Gasteiger partial charge in [0.15, 0.2) is 0 Å². The summed E-state index contributed by atoms with van der Waals surface area (Å²) in [5.74, 6) is -0.00116. The van der Waals surface area contributed by atoms with Crippen LogP contribution in [-0.2, 0) is 0 Å². The van der Waals surface area contributed by atoms with Crippen molar-refractivity contribution in [2.24, 2.45) is 11.8 Å². The van der Waals surface area contributed by atoms with Gasteiger partial charge < -0.3 is 0 Å². The molecule has 0 amide bonds. The first-order chi connectivity index (χ1) is 4.55. The predicted molar refractivity (Wildman–Crippen MR) is 31.1 cm³/mol. The van der Waals surface area contributed by atoms with Crippen molar-refractivity contribution in [1.82, 2.24) is 0 Å². The second kappa shape index (κ2) is 2.19. The monoisotopic (exact) mass is 148 g/mol. The molecule has 1 rings (SSSR count). The van der Waals surface area contributed by atoms with Gasteiger partial charge in [0.05, 0.1) is 0 Å². The summed E-state index contributed by atoms with van der Waals surface area (Å²) in [5, 5.41) is 0. The van der Waals surface area contributed by atoms with Crippen LogP contribution in [0.15, 0.2) is 0 Å². The first-order valence-corrected chi connectivity index (χ1v) is 3.08. The topological polar surface area (TPSA) is 0 Å². The van der Waals surface area contributed by atoms with Crippen LogP contribution in [0.3, 0.4) is 0 Å². The van der Waals surface area contributed by atoms with Crippen molar-refractivity contribution >= 4 is 0 Å². The number of alkyl halides is 3. The van der Waals surface area contributed by atoms with Gasteiger partial charge in [-0.2, -0.15) is 13.2 Å². The van der Waals surface area contributed by atoms with E-state index in [1.807, 2.05) is 0 Å². The van der Waals surface area contributed by atoms with E-state index < -0.39 is 12.1 Å². The second-order valence-corrected chi connectivity index (χ2v) is 2.52. The highest BCUT2D eigenvalue weighted by Crippen LogP contribution is 2.44. The van der Waals surface area contributed by atoms with E-state index >= 15 is 0 Å². The van der Waals surface area contributed by atoms with Crippen molar-refractivity contribution in [3.63, 3.8) is 0 Å². The Morgan fingerprint density at radius 2 is 1.90 bits per heavy atom. The van der Waals surface area contributed by atoms with Crippen LogP contribution in [0.1, 0.15) is 12.8 Å². The third-order valence-corrected chi connectivity index (χ3v) is 1.63. The van der Waals surface area contributed by atoms with E-state index in [0.29, 0.717) is 12.8 Å². The fraction of sp³-hybridized carbons (Fsp3) is 0.714. The molecule has 0 aromatic rings. The molecule has 56 valence electrons. The van der Waals surface area contributed by atoms with Gasteiger partial charge in [-0.3, -0.25) is 0 Å². The van der Waals surface area contributed by atoms with E-state index in [4.69, 9.17) is 6.42 Å². The minimum atomic E-state index is -4.18. The van der Waals surface area contributed by atoms with Crippen LogP contribution >= 0.6 is 0 Å². The molecule has 0 spiro atoms. The third kappa shape index (κ3) is 1.44. The minimum absolute atomic E-state index is 0.287. The SMILES string of the molecule is C#CC(C1CC1)C(F)(F)F. The molecule has 0 bridgehead atoms. The highest BCUT2D eigenvalue weighted by atomic mass is 19.4. The Hall–Kier alpha value is -0.650. The average molecular weight is 148 g/mol. The lowest BCUT2D eigenvalue weighted by Crippen LogP contribution is -2.22. The summed E-state index contributed by atoms with van der Waals surface area (Å²) in [7, 11) is 0. The molecule has 1 aliphatic carbocycles. The van der Waals surface area contributed by atoms with Crippen molar-refractivity contribution in [3.05, 3.63) is 0 Å². The molecule has 0 radical (unpaired) electrons. The summed E-state index contributed by atoms with van der Waals surface area (Å²) in [5.41, 5.74) is 0. The van der Waals surface area contributed by atoms with Gasteiger partial charge in [-0.05, 0) is 18.8 Å². The van der Waals surface area contributed by atoms with E-state index in [1.165, 1.54) is 0 Å². The number of terminal acetylenes is 1. The molecule has 0 aliphatic heterocycles. The van der Waals surface area contributed by atoms with Gasteiger partial charge in [-0.25, -0.2) is 0 Å². The lowest BCUT2D eigenvalue weighted by Gasteiger charge is -2.12. The van der Waals surface area contributed by atoms with Crippen LogP contribution in [0, 0.1) is 24.2 Å². The zero-order valence-corrected chi connectivity index (χ0v) is 5.28. The quantitative estimate of drug-likeness (QED) is 0.500. The van der Waals surface area contributed by atoms with Gasteiger partial charge in [0.1, 0.15) is 5.92 Å². The molecule has 1 atom stereocenters. The third-order valence-electron chi connectivity index (χ3n) is 1.63. The molecule has 3 heteroatoms. The predicted octanol–water partition coefficient (Wildman–Crippen LogP) is 2.21. The summed E-state index contributed by atoms with van der Waals surface area (Å²) in [4.78, 5) is 0. The maximum Gasteiger partial charge on any atom is 0.402 e. The molecular formula is C7H7F3. The highest BCUT2D eigenvalue weighted by Gasteiger charge is 2.47. The van der Waals surface area contributed by atoms with Crippen LogP contribution in [0.2, 0.25) is 0 Å². The van der Waals surface area contributed by atoms with Crippen LogP contribution in [0.25, 0.3) is 0 Å². The lowest BCUT2D eigenvalue weighted by atomic mass is 10.1. The minimum Gasteiger partial charge on any atom is -0.170 e. The number of rotatable bonds is 1. The van der Waals surface area contributed by atoms with Gasteiger partial charge in [0.2, 0.25) is 0 Å². The number of halogens is 3. The molecular weight excluding hydrogens is 141 g/mol. The van der Waals surface area contributed by atoms with Crippen LogP contribution in [0.4, 0.5) is 13.2 Å². The highest BCUT2D eigenvalue weighted by molar-refractivity contribution is 5.04. The summed E-state index contributed by atoms with van der Waals surface area (Å²) in [6, 6.07) is 0. The zero-order valence-electron chi connectivity index (χ0n) is 5.28. The standard InChI is InChI=1S/C7H7F3/c1-2-6(5-3-4-5)7(8,9)10/h1,5-6H,3-4H2. The first kappa shape index (κ1) is 7.46. The average Bonchev–Trinajstić information content (AvgIpc) is 2.46. The normalized spacial score (nSPS) is 21.8. The van der Waals surface area contributed by atoms with E-state index in [9.17, 15) is 13.2 Å². The smallest absolute Gasteiger partial charge is 0.170 e. The first-order valence-electron chi connectivity index (χ1n) is 3.08. The van der Waals surface area contributed by atoms with Gasteiger partial charge in [-0.1, -0.05) is 5.92 Å². The lowest BCUT2D eigenvalue weighted by molar-refractivity contribution is -0.163. The molecule has 0 aromatic carbocycles. The summed E-state index contributed by atoms with van der Waals surface area (Å²) in [6.07, 6.45) is 1.81. The van der Waals surface area contributed by atoms with Crippen molar-refractivity contribution in [2.45, 2.75) is 19.0 Å².